The first-order valence-electron chi connectivity index (χ1n) is 11.3. The molecule has 0 aliphatic rings. The first-order chi connectivity index (χ1) is 17.5. The van der Waals surface area contributed by atoms with E-state index in [1.807, 2.05) is 30.3 Å². The number of benzene rings is 2. The molecule has 0 bridgehead atoms. The average Bonchev–Trinajstić information content (AvgIpc) is 3.22. The molecule has 2 aromatic carbocycles. The molecule has 37 heavy (non-hydrogen) atoms. The molecule has 0 saturated heterocycles. The van der Waals surface area contributed by atoms with Gasteiger partial charge in [-0.05, 0) is 48.6 Å². The molecule has 0 spiro atoms. The maximum absolute atomic E-state index is 13.2. The molecule has 0 aliphatic carbocycles. The molecular formula is C24H25Cl3FN3O4S2. The number of amides is 2. The zero-order chi connectivity index (χ0) is 27.0. The van der Waals surface area contributed by atoms with Gasteiger partial charge in [-0.25, -0.2) is 17.5 Å². The van der Waals surface area contributed by atoms with E-state index in [1.54, 1.807) is 0 Å². The highest BCUT2D eigenvalue weighted by Crippen LogP contribution is 2.25. The molecule has 200 valence electrons. The number of hydrogen-bond donors (Lipinski definition) is 3. The number of carbonyl (C=O) groups excluding carboxylic acids is 2. The standard InChI is InChI=1S/C24H25Cl3FN3O4S2/c25-18-12-16(28)7-8-21(18)37(34,35)30-10-4-3-9-29-24(33)19(14-22(26)27)31-23(32)13-17-11-15-5-1-2-6-20(15)36-17/h1-2,5-8,11-12,19,22,30H,3-4,9-10,13-14H2,(H,29,33)(H,31,32)/t19-/m0/s1. The average molecular weight is 609 g/mol. The number of carbonyl (C=O) groups is 2. The van der Waals surface area contributed by atoms with Crippen molar-refractivity contribution in [2.45, 2.75) is 41.5 Å². The predicted octanol–water partition coefficient (Wildman–Crippen LogP) is 4.79. The lowest BCUT2D eigenvalue weighted by Crippen LogP contribution is -2.48. The second-order valence-corrected chi connectivity index (χ2v) is 12.7. The maximum Gasteiger partial charge on any atom is 0.242 e. The second kappa shape index (κ2) is 13.7. The van der Waals surface area contributed by atoms with E-state index in [0.717, 1.165) is 33.2 Å². The van der Waals surface area contributed by atoms with E-state index in [2.05, 4.69) is 15.4 Å². The summed E-state index contributed by atoms with van der Waals surface area (Å²) in [7, 11) is -3.90. The van der Waals surface area contributed by atoms with Crippen LogP contribution in [0.1, 0.15) is 24.1 Å². The van der Waals surface area contributed by atoms with Gasteiger partial charge in [0, 0.05) is 29.1 Å². The van der Waals surface area contributed by atoms with E-state index in [4.69, 9.17) is 34.8 Å². The summed E-state index contributed by atoms with van der Waals surface area (Å²) in [4.78, 5) is 25.0. The van der Waals surface area contributed by atoms with Gasteiger partial charge in [0.2, 0.25) is 21.8 Å². The smallest absolute Gasteiger partial charge is 0.242 e. The fourth-order valence-electron chi connectivity index (χ4n) is 3.50. The van der Waals surface area contributed by atoms with Crippen molar-refractivity contribution in [3.05, 3.63) is 64.2 Å². The first-order valence-corrected chi connectivity index (χ1v) is 14.9. The van der Waals surface area contributed by atoms with Gasteiger partial charge in [-0.2, -0.15) is 0 Å². The Labute approximate surface area is 233 Å². The number of alkyl halides is 2. The van der Waals surface area contributed by atoms with Crippen molar-refractivity contribution in [1.29, 1.82) is 0 Å². The van der Waals surface area contributed by atoms with Gasteiger partial charge in [0.05, 0.1) is 11.4 Å². The Balaban J connectivity index is 1.44. The third kappa shape index (κ3) is 9.08. The monoisotopic (exact) mass is 607 g/mol. The molecule has 3 aromatic rings. The van der Waals surface area contributed by atoms with Crippen molar-refractivity contribution in [2.75, 3.05) is 13.1 Å². The van der Waals surface area contributed by atoms with Gasteiger partial charge in [-0.15, -0.1) is 34.5 Å². The number of rotatable bonds is 13. The fourth-order valence-corrected chi connectivity index (χ4v) is 6.52. The van der Waals surface area contributed by atoms with Crippen LogP contribution in [0.25, 0.3) is 10.1 Å². The largest absolute Gasteiger partial charge is 0.354 e. The molecule has 13 heteroatoms. The van der Waals surface area contributed by atoms with Crippen molar-refractivity contribution in [2.24, 2.45) is 0 Å². The van der Waals surface area contributed by atoms with E-state index in [-0.39, 0.29) is 41.8 Å². The Morgan fingerprint density at radius 1 is 1.03 bits per heavy atom. The van der Waals surface area contributed by atoms with E-state index in [9.17, 15) is 22.4 Å². The number of sulfonamides is 1. The zero-order valence-corrected chi connectivity index (χ0v) is 23.4. The number of thiophene rings is 1. The highest BCUT2D eigenvalue weighted by Gasteiger charge is 2.23. The van der Waals surface area contributed by atoms with Crippen LogP contribution in [-0.2, 0) is 26.0 Å². The van der Waals surface area contributed by atoms with Crippen molar-refractivity contribution >= 4 is 78.1 Å². The lowest BCUT2D eigenvalue weighted by Gasteiger charge is -2.19. The van der Waals surface area contributed by atoms with Crippen molar-refractivity contribution < 1.29 is 22.4 Å². The van der Waals surface area contributed by atoms with Gasteiger partial charge in [0.15, 0.2) is 0 Å². The molecule has 2 amide bonds. The summed E-state index contributed by atoms with van der Waals surface area (Å²) in [6.07, 6.45) is 1.02. The molecule has 3 rings (SSSR count). The summed E-state index contributed by atoms with van der Waals surface area (Å²) in [5, 5.41) is 6.25. The van der Waals surface area contributed by atoms with E-state index in [0.29, 0.717) is 12.8 Å². The van der Waals surface area contributed by atoms with Crippen molar-refractivity contribution in [3.8, 4) is 0 Å². The molecule has 1 aromatic heterocycles. The maximum atomic E-state index is 13.2. The first kappa shape index (κ1) is 29.6. The fraction of sp³-hybridized carbons (Fsp3) is 0.333. The number of unbranched alkanes of at least 4 members (excludes halogenated alkanes) is 1. The highest BCUT2D eigenvalue weighted by atomic mass is 35.5. The Kier molecular flexibility index (Phi) is 11.0. The van der Waals surface area contributed by atoms with Gasteiger partial charge in [0.1, 0.15) is 21.6 Å². The normalized spacial score (nSPS) is 12.6. The second-order valence-electron chi connectivity index (χ2n) is 8.14. The Bertz CT molecular complexity index is 1320. The molecule has 1 heterocycles. The quantitative estimate of drug-likeness (QED) is 0.192. The lowest BCUT2D eigenvalue weighted by molar-refractivity contribution is -0.128. The summed E-state index contributed by atoms with van der Waals surface area (Å²) in [5.41, 5.74) is 0. The summed E-state index contributed by atoms with van der Waals surface area (Å²) < 4.78 is 41.3. The third-order valence-electron chi connectivity index (χ3n) is 5.26. The summed E-state index contributed by atoms with van der Waals surface area (Å²) in [6, 6.07) is 11.9. The van der Waals surface area contributed by atoms with E-state index in [1.165, 1.54) is 11.3 Å². The minimum absolute atomic E-state index is 0.0331. The molecule has 0 fully saturated rings. The van der Waals surface area contributed by atoms with E-state index < -0.39 is 32.6 Å². The number of hydrogen-bond acceptors (Lipinski definition) is 5. The van der Waals surface area contributed by atoms with Gasteiger partial charge in [-0.1, -0.05) is 29.8 Å². The minimum atomic E-state index is -3.90. The third-order valence-corrected chi connectivity index (χ3v) is 8.67. The Morgan fingerprint density at radius 2 is 1.76 bits per heavy atom. The van der Waals surface area contributed by atoms with Crippen LogP contribution in [0.15, 0.2) is 53.4 Å². The van der Waals surface area contributed by atoms with E-state index >= 15 is 0 Å². The molecule has 0 unspecified atom stereocenters. The van der Waals surface area contributed by atoms with Gasteiger partial charge >= 0.3 is 0 Å². The Morgan fingerprint density at radius 3 is 2.46 bits per heavy atom. The van der Waals surface area contributed by atoms with Gasteiger partial charge < -0.3 is 10.6 Å². The molecule has 7 nitrogen and oxygen atoms in total. The predicted molar refractivity (Wildman–Crippen MR) is 146 cm³/mol. The topological polar surface area (TPSA) is 104 Å². The lowest BCUT2D eigenvalue weighted by atomic mass is 10.2. The van der Waals surface area contributed by atoms with Crippen LogP contribution in [0.3, 0.4) is 0 Å². The van der Waals surface area contributed by atoms with Crippen LogP contribution in [0, 0.1) is 5.82 Å². The number of fused-ring (bicyclic) bond motifs is 1. The SMILES string of the molecule is O=C(Cc1cc2ccccc2s1)N[C@@H](CC(Cl)Cl)C(=O)NCCCCNS(=O)(=O)c1ccc(F)cc1Cl. The number of halogens is 4. The van der Waals surface area contributed by atoms with Crippen LogP contribution in [0.4, 0.5) is 4.39 Å². The van der Waals surface area contributed by atoms with Crippen LogP contribution in [0.5, 0.6) is 0 Å². The van der Waals surface area contributed by atoms with Crippen LogP contribution in [-0.4, -0.2) is 44.2 Å². The summed E-state index contributed by atoms with van der Waals surface area (Å²) >= 11 is 19.1. The van der Waals surface area contributed by atoms with Gasteiger partial charge in [0.25, 0.3) is 0 Å². The highest BCUT2D eigenvalue weighted by molar-refractivity contribution is 7.89. The molecule has 0 saturated carbocycles. The summed E-state index contributed by atoms with van der Waals surface area (Å²) in [6.45, 7) is 0.336. The zero-order valence-electron chi connectivity index (χ0n) is 19.5. The van der Waals surface area contributed by atoms with Crippen LogP contribution >= 0.6 is 46.1 Å². The number of nitrogens with one attached hydrogen (secondary N) is 3. The molecule has 3 N–H and O–H groups in total. The van der Waals surface area contributed by atoms with Crippen molar-refractivity contribution in [1.82, 2.24) is 15.4 Å². The van der Waals surface area contributed by atoms with Crippen LogP contribution < -0.4 is 15.4 Å². The summed E-state index contributed by atoms with van der Waals surface area (Å²) in [5.74, 6) is -1.40. The van der Waals surface area contributed by atoms with Crippen molar-refractivity contribution in [3.63, 3.8) is 0 Å². The molecular weight excluding hydrogens is 584 g/mol. The molecule has 1 atom stereocenters. The van der Waals surface area contributed by atoms with Crippen LogP contribution in [0.2, 0.25) is 5.02 Å². The van der Waals surface area contributed by atoms with Gasteiger partial charge in [-0.3, -0.25) is 9.59 Å². The minimum Gasteiger partial charge on any atom is -0.354 e. The molecule has 0 radical (unpaired) electrons. The Hall–Kier alpha value is -1.95. The molecule has 0 aliphatic heterocycles.